The Morgan fingerprint density at radius 2 is 2.15 bits per heavy atom. The van der Waals surface area contributed by atoms with E-state index in [4.69, 9.17) is 0 Å². The van der Waals surface area contributed by atoms with Gasteiger partial charge in [-0.05, 0) is 31.4 Å². The first-order chi connectivity index (χ1) is 9.70. The molecule has 1 aromatic rings. The summed E-state index contributed by atoms with van der Waals surface area (Å²) < 4.78 is 0. The average molecular weight is 272 g/mol. The van der Waals surface area contributed by atoms with Crippen LogP contribution < -0.4 is 4.90 Å². The van der Waals surface area contributed by atoms with E-state index in [1.807, 2.05) is 30.0 Å². The third kappa shape index (κ3) is 2.19. The highest BCUT2D eigenvalue weighted by Gasteiger charge is 2.37. The highest BCUT2D eigenvalue weighted by molar-refractivity contribution is 5.99. The molecule has 0 saturated carbocycles. The van der Waals surface area contributed by atoms with Crippen molar-refractivity contribution in [2.45, 2.75) is 26.2 Å². The van der Waals surface area contributed by atoms with Crippen LogP contribution in [0.15, 0.2) is 24.3 Å². The Kier molecular flexibility index (Phi) is 3.47. The predicted molar refractivity (Wildman–Crippen MR) is 77.5 cm³/mol. The summed E-state index contributed by atoms with van der Waals surface area (Å²) in [6, 6.07) is 8.10. The van der Waals surface area contributed by atoms with Gasteiger partial charge >= 0.3 is 0 Å². The summed E-state index contributed by atoms with van der Waals surface area (Å²) in [6.07, 6.45) is 2.40. The first-order valence-corrected chi connectivity index (χ1v) is 7.37. The van der Waals surface area contributed by atoms with Gasteiger partial charge in [0.1, 0.15) is 0 Å². The summed E-state index contributed by atoms with van der Waals surface area (Å²) >= 11 is 0. The van der Waals surface area contributed by atoms with Crippen molar-refractivity contribution in [1.82, 2.24) is 4.90 Å². The zero-order chi connectivity index (χ0) is 14.1. The normalized spacial score (nSPS) is 22.1. The number of carbonyl (C=O) groups excluding carboxylic acids is 2. The molecule has 2 aliphatic rings. The van der Waals surface area contributed by atoms with Gasteiger partial charge in [-0.2, -0.15) is 0 Å². The van der Waals surface area contributed by atoms with Crippen molar-refractivity contribution in [1.29, 1.82) is 0 Å². The Morgan fingerprint density at radius 1 is 1.35 bits per heavy atom. The fourth-order valence-electron chi connectivity index (χ4n) is 3.23. The van der Waals surface area contributed by atoms with Crippen LogP contribution >= 0.6 is 0 Å². The Bertz CT molecular complexity index is 541. The SMILES string of the molecule is CCN1CC(C(=O)N2CCCc3ccccc32)CC1=O. The number of anilines is 1. The van der Waals surface area contributed by atoms with E-state index in [0.29, 0.717) is 19.5 Å². The fraction of sp³-hybridized carbons (Fsp3) is 0.500. The van der Waals surface area contributed by atoms with Crippen molar-refractivity contribution < 1.29 is 9.59 Å². The lowest BCUT2D eigenvalue weighted by atomic mass is 9.99. The van der Waals surface area contributed by atoms with Crippen LogP contribution in [0.2, 0.25) is 0 Å². The van der Waals surface area contributed by atoms with Crippen LogP contribution in [0, 0.1) is 5.92 Å². The van der Waals surface area contributed by atoms with Crippen molar-refractivity contribution in [3.8, 4) is 0 Å². The van der Waals surface area contributed by atoms with Crippen LogP contribution in [0.4, 0.5) is 5.69 Å². The zero-order valence-electron chi connectivity index (χ0n) is 11.8. The largest absolute Gasteiger partial charge is 0.342 e. The topological polar surface area (TPSA) is 40.6 Å². The van der Waals surface area contributed by atoms with Crippen LogP contribution in [0.3, 0.4) is 0 Å². The highest BCUT2D eigenvalue weighted by Crippen LogP contribution is 2.30. The fourth-order valence-corrected chi connectivity index (χ4v) is 3.23. The van der Waals surface area contributed by atoms with Crippen molar-refractivity contribution in [2.75, 3.05) is 24.5 Å². The molecule has 0 aromatic heterocycles. The Morgan fingerprint density at radius 3 is 2.90 bits per heavy atom. The lowest BCUT2D eigenvalue weighted by Crippen LogP contribution is -2.40. The summed E-state index contributed by atoms with van der Waals surface area (Å²) in [5, 5.41) is 0. The minimum Gasteiger partial charge on any atom is -0.342 e. The third-order valence-corrected chi connectivity index (χ3v) is 4.32. The zero-order valence-corrected chi connectivity index (χ0v) is 11.8. The van der Waals surface area contributed by atoms with E-state index in [1.165, 1.54) is 5.56 Å². The second kappa shape index (κ2) is 5.27. The molecule has 0 radical (unpaired) electrons. The van der Waals surface area contributed by atoms with Crippen molar-refractivity contribution in [3.63, 3.8) is 0 Å². The average Bonchev–Trinajstić information content (AvgIpc) is 2.87. The monoisotopic (exact) mass is 272 g/mol. The van der Waals surface area contributed by atoms with Gasteiger partial charge in [0.15, 0.2) is 0 Å². The van der Waals surface area contributed by atoms with Crippen molar-refractivity contribution in [3.05, 3.63) is 29.8 Å². The standard InChI is InChI=1S/C16H20N2O2/c1-2-17-11-13(10-15(17)19)16(20)18-9-5-7-12-6-3-4-8-14(12)18/h3-4,6,8,13H,2,5,7,9-11H2,1H3. The summed E-state index contributed by atoms with van der Waals surface area (Å²) in [7, 11) is 0. The van der Waals surface area contributed by atoms with Gasteiger partial charge in [-0.1, -0.05) is 18.2 Å². The highest BCUT2D eigenvalue weighted by atomic mass is 16.2. The van der Waals surface area contributed by atoms with Gasteiger partial charge in [-0.25, -0.2) is 0 Å². The van der Waals surface area contributed by atoms with E-state index in [-0.39, 0.29) is 17.7 Å². The van der Waals surface area contributed by atoms with E-state index in [9.17, 15) is 9.59 Å². The molecular weight excluding hydrogens is 252 g/mol. The number of aryl methyl sites for hydroxylation is 1. The molecular formula is C16H20N2O2. The number of benzene rings is 1. The van der Waals surface area contributed by atoms with E-state index in [1.54, 1.807) is 4.90 Å². The molecule has 0 spiro atoms. The molecule has 1 saturated heterocycles. The Balaban J connectivity index is 1.81. The minimum absolute atomic E-state index is 0.108. The van der Waals surface area contributed by atoms with Crippen LogP contribution in [0.5, 0.6) is 0 Å². The second-order valence-electron chi connectivity index (χ2n) is 5.56. The van der Waals surface area contributed by atoms with Gasteiger partial charge in [0.2, 0.25) is 11.8 Å². The maximum Gasteiger partial charge on any atom is 0.232 e. The molecule has 1 atom stereocenters. The molecule has 4 heteroatoms. The number of carbonyl (C=O) groups is 2. The second-order valence-corrected chi connectivity index (χ2v) is 5.56. The molecule has 4 nitrogen and oxygen atoms in total. The van der Waals surface area contributed by atoms with Gasteiger partial charge in [0.05, 0.1) is 5.92 Å². The molecule has 0 N–H and O–H groups in total. The van der Waals surface area contributed by atoms with Gasteiger partial charge in [0, 0.05) is 31.7 Å². The molecule has 0 aliphatic carbocycles. The summed E-state index contributed by atoms with van der Waals surface area (Å²) in [5.74, 6) is 0.0474. The number of hydrogen-bond donors (Lipinski definition) is 0. The number of likely N-dealkylation sites (tertiary alicyclic amines) is 1. The van der Waals surface area contributed by atoms with Crippen molar-refractivity contribution >= 4 is 17.5 Å². The molecule has 2 heterocycles. The molecule has 106 valence electrons. The van der Waals surface area contributed by atoms with Crippen LogP contribution in [0.25, 0.3) is 0 Å². The Hall–Kier alpha value is -1.84. The minimum atomic E-state index is -0.173. The lowest BCUT2D eigenvalue weighted by molar-refractivity contribution is -0.128. The summed E-state index contributed by atoms with van der Waals surface area (Å²) in [5.41, 5.74) is 2.27. The number of fused-ring (bicyclic) bond motifs is 1. The van der Waals surface area contributed by atoms with E-state index in [0.717, 1.165) is 25.1 Å². The maximum atomic E-state index is 12.7. The van der Waals surface area contributed by atoms with Crippen LogP contribution in [-0.4, -0.2) is 36.3 Å². The lowest BCUT2D eigenvalue weighted by Gasteiger charge is -2.31. The van der Waals surface area contributed by atoms with Gasteiger partial charge in [-0.3, -0.25) is 9.59 Å². The van der Waals surface area contributed by atoms with E-state index >= 15 is 0 Å². The first-order valence-electron chi connectivity index (χ1n) is 7.37. The van der Waals surface area contributed by atoms with Crippen LogP contribution in [-0.2, 0) is 16.0 Å². The summed E-state index contributed by atoms with van der Waals surface area (Å²) in [4.78, 5) is 28.2. The first kappa shape index (κ1) is 13.2. The summed E-state index contributed by atoms with van der Waals surface area (Å²) in [6.45, 7) is 4.00. The number of amides is 2. The molecule has 20 heavy (non-hydrogen) atoms. The number of para-hydroxylation sites is 1. The quantitative estimate of drug-likeness (QED) is 0.824. The molecule has 0 bridgehead atoms. The van der Waals surface area contributed by atoms with E-state index < -0.39 is 0 Å². The molecule has 2 amide bonds. The van der Waals surface area contributed by atoms with Gasteiger partial charge in [0.25, 0.3) is 0 Å². The molecule has 2 aliphatic heterocycles. The molecule has 1 aromatic carbocycles. The van der Waals surface area contributed by atoms with E-state index in [2.05, 4.69) is 6.07 Å². The Labute approximate surface area is 119 Å². The number of rotatable bonds is 2. The van der Waals surface area contributed by atoms with Crippen LogP contribution in [0.1, 0.15) is 25.3 Å². The maximum absolute atomic E-state index is 12.7. The van der Waals surface area contributed by atoms with Gasteiger partial charge in [-0.15, -0.1) is 0 Å². The van der Waals surface area contributed by atoms with Gasteiger partial charge < -0.3 is 9.80 Å². The third-order valence-electron chi connectivity index (χ3n) is 4.32. The molecule has 1 unspecified atom stereocenters. The number of nitrogens with zero attached hydrogens (tertiary/aromatic N) is 2. The predicted octanol–water partition coefficient (Wildman–Crippen LogP) is 1.83. The molecule has 1 fully saturated rings. The van der Waals surface area contributed by atoms with Crippen molar-refractivity contribution in [2.24, 2.45) is 5.92 Å². The molecule has 3 rings (SSSR count). The smallest absolute Gasteiger partial charge is 0.232 e. The number of hydrogen-bond acceptors (Lipinski definition) is 2.